The molecular formula is C24H31N3O4S. The lowest BCUT2D eigenvalue weighted by Gasteiger charge is -2.14. The highest BCUT2D eigenvalue weighted by Gasteiger charge is 2.13. The minimum Gasteiger partial charge on any atom is -0.494 e. The van der Waals surface area contributed by atoms with Gasteiger partial charge in [0.25, 0.3) is 11.8 Å². The van der Waals surface area contributed by atoms with E-state index in [-0.39, 0.29) is 16.9 Å². The normalized spacial score (nSPS) is 10.3. The number of nitrogens with one attached hydrogen (secondary N) is 3. The molecule has 0 aliphatic rings. The lowest BCUT2D eigenvalue weighted by molar-refractivity contribution is 0.0947. The SMILES string of the molecule is CCCCCOc1ccc(C(=O)NC(=S)Nc2ccccc2C(=O)NCCCOC)cc1. The summed E-state index contributed by atoms with van der Waals surface area (Å²) in [5, 5.41) is 8.52. The molecule has 7 nitrogen and oxygen atoms in total. The van der Waals surface area contributed by atoms with Crippen molar-refractivity contribution in [3.8, 4) is 5.75 Å². The number of hydrogen-bond donors (Lipinski definition) is 3. The summed E-state index contributed by atoms with van der Waals surface area (Å²) in [4.78, 5) is 25.0. The number of methoxy groups -OCH3 is 1. The molecule has 0 spiro atoms. The summed E-state index contributed by atoms with van der Waals surface area (Å²) >= 11 is 5.27. The van der Waals surface area contributed by atoms with Gasteiger partial charge in [0.1, 0.15) is 5.75 Å². The molecule has 0 saturated heterocycles. The Morgan fingerprint density at radius 3 is 2.41 bits per heavy atom. The quantitative estimate of drug-likeness (QED) is 0.328. The van der Waals surface area contributed by atoms with Gasteiger partial charge >= 0.3 is 0 Å². The molecule has 0 atom stereocenters. The van der Waals surface area contributed by atoms with Crippen LogP contribution >= 0.6 is 12.2 Å². The van der Waals surface area contributed by atoms with E-state index < -0.39 is 0 Å². The molecule has 2 aromatic rings. The number of amides is 2. The number of para-hydroxylation sites is 1. The van der Waals surface area contributed by atoms with Gasteiger partial charge in [0.05, 0.1) is 17.9 Å². The number of carbonyl (C=O) groups excluding carboxylic acids is 2. The highest BCUT2D eigenvalue weighted by molar-refractivity contribution is 7.80. The van der Waals surface area contributed by atoms with Crippen molar-refractivity contribution < 1.29 is 19.1 Å². The summed E-state index contributed by atoms with van der Waals surface area (Å²) in [5.74, 6) is 0.151. The van der Waals surface area contributed by atoms with E-state index in [9.17, 15) is 9.59 Å². The van der Waals surface area contributed by atoms with Crippen molar-refractivity contribution in [1.82, 2.24) is 10.6 Å². The van der Waals surface area contributed by atoms with Crippen LogP contribution in [0, 0.1) is 0 Å². The van der Waals surface area contributed by atoms with Crippen molar-refractivity contribution in [2.45, 2.75) is 32.6 Å². The van der Waals surface area contributed by atoms with Gasteiger partial charge in [-0.2, -0.15) is 0 Å². The maximum Gasteiger partial charge on any atom is 0.257 e. The zero-order chi connectivity index (χ0) is 23.2. The minimum atomic E-state index is -0.346. The van der Waals surface area contributed by atoms with Gasteiger partial charge in [0.2, 0.25) is 0 Å². The Morgan fingerprint density at radius 2 is 1.69 bits per heavy atom. The first-order valence-electron chi connectivity index (χ1n) is 10.8. The maximum absolute atomic E-state index is 12.5. The molecule has 2 amide bonds. The molecule has 0 aliphatic carbocycles. The first-order chi connectivity index (χ1) is 15.5. The van der Waals surface area contributed by atoms with E-state index in [1.54, 1.807) is 55.6 Å². The van der Waals surface area contributed by atoms with Gasteiger partial charge in [-0.15, -0.1) is 0 Å². The van der Waals surface area contributed by atoms with Crippen molar-refractivity contribution in [3.63, 3.8) is 0 Å². The molecule has 172 valence electrons. The summed E-state index contributed by atoms with van der Waals surface area (Å²) in [6.07, 6.45) is 3.99. The topological polar surface area (TPSA) is 88.7 Å². The Bertz CT molecular complexity index is 887. The second-order valence-corrected chi connectivity index (χ2v) is 7.54. The van der Waals surface area contributed by atoms with Crippen LogP contribution in [0.4, 0.5) is 5.69 Å². The van der Waals surface area contributed by atoms with Crippen molar-refractivity contribution in [1.29, 1.82) is 0 Å². The first kappa shape index (κ1) is 25.3. The molecule has 3 N–H and O–H groups in total. The third-order valence-electron chi connectivity index (χ3n) is 4.59. The third-order valence-corrected chi connectivity index (χ3v) is 4.79. The second kappa shape index (κ2) is 14.2. The number of benzene rings is 2. The predicted molar refractivity (Wildman–Crippen MR) is 130 cm³/mol. The molecule has 0 aliphatic heterocycles. The minimum absolute atomic E-state index is 0.106. The Balaban J connectivity index is 1.89. The van der Waals surface area contributed by atoms with Crippen molar-refractivity contribution in [2.24, 2.45) is 0 Å². The number of ether oxygens (including phenoxy) is 2. The maximum atomic E-state index is 12.5. The Kier molecular flexibility index (Phi) is 11.2. The number of anilines is 1. The number of unbranched alkanes of at least 4 members (excludes halogenated alkanes) is 2. The highest BCUT2D eigenvalue weighted by Crippen LogP contribution is 2.16. The van der Waals surface area contributed by atoms with Gasteiger partial charge in [-0.25, -0.2) is 0 Å². The first-order valence-corrected chi connectivity index (χ1v) is 11.2. The fraction of sp³-hybridized carbons (Fsp3) is 0.375. The molecule has 0 unspecified atom stereocenters. The van der Waals surface area contributed by atoms with E-state index in [2.05, 4.69) is 22.9 Å². The zero-order valence-electron chi connectivity index (χ0n) is 18.6. The molecule has 0 aromatic heterocycles. The van der Waals surface area contributed by atoms with Crippen molar-refractivity contribution >= 4 is 34.8 Å². The van der Waals surface area contributed by atoms with E-state index in [4.69, 9.17) is 21.7 Å². The molecule has 0 bridgehead atoms. The fourth-order valence-corrected chi connectivity index (χ4v) is 3.08. The van der Waals surface area contributed by atoms with Crippen LogP contribution in [0.5, 0.6) is 5.75 Å². The molecule has 0 saturated carbocycles. The van der Waals surface area contributed by atoms with Crippen LogP contribution in [0.15, 0.2) is 48.5 Å². The molecule has 0 fully saturated rings. The zero-order valence-corrected chi connectivity index (χ0v) is 19.4. The van der Waals surface area contributed by atoms with Crippen LogP contribution in [0.3, 0.4) is 0 Å². The lowest BCUT2D eigenvalue weighted by atomic mass is 10.1. The van der Waals surface area contributed by atoms with E-state index in [1.165, 1.54) is 0 Å². The number of carbonyl (C=O) groups is 2. The molecule has 0 radical (unpaired) electrons. The van der Waals surface area contributed by atoms with Crippen LogP contribution in [0.25, 0.3) is 0 Å². The van der Waals surface area contributed by atoms with Crippen molar-refractivity contribution in [2.75, 3.05) is 32.2 Å². The summed E-state index contributed by atoms with van der Waals surface area (Å²) in [6.45, 7) is 3.88. The van der Waals surface area contributed by atoms with Crippen LogP contribution in [0.1, 0.15) is 53.3 Å². The van der Waals surface area contributed by atoms with Gasteiger partial charge in [0, 0.05) is 25.8 Å². The van der Waals surface area contributed by atoms with E-state index >= 15 is 0 Å². The van der Waals surface area contributed by atoms with Crippen LogP contribution in [-0.4, -0.2) is 43.8 Å². The van der Waals surface area contributed by atoms with Crippen LogP contribution < -0.4 is 20.7 Å². The standard InChI is InChI=1S/C24H31N3O4S/c1-3-4-7-17-31-19-13-11-18(12-14-19)22(28)27-24(32)26-21-10-6-5-9-20(21)23(29)25-15-8-16-30-2/h5-6,9-14H,3-4,7-8,15-17H2,1-2H3,(H,25,29)(H2,26,27,28,32). The third kappa shape index (κ3) is 8.64. The molecule has 32 heavy (non-hydrogen) atoms. The van der Waals surface area contributed by atoms with Gasteiger partial charge in [-0.3, -0.25) is 14.9 Å². The summed E-state index contributed by atoms with van der Waals surface area (Å²) in [7, 11) is 1.62. The molecule has 8 heteroatoms. The fourth-order valence-electron chi connectivity index (χ4n) is 2.88. The van der Waals surface area contributed by atoms with Gasteiger partial charge < -0.3 is 20.1 Å². The van der Waals surface area contributed by atoms with E-state index in [0.29, 0.717) is 36.6 Å². The van der Waals surface area contributed by atoms with E-state index in [1.807, 2.05) is 0 Å². The molecule has 0 heterocycles. The van der Waals surface area contributed by atoms with Gasteiger partial charge in [-0.05, 0) is 61.5 Å². The Morgan fingerprint density at radius 1 is 0.938 bits per heavy atom. The van der Waals surface area contributed by atoms with Gasteiger partial charge in [-0.1, -0.05) is 31.9 Å². The number of thiocarbonyl (C=S) groups is 1. The Labute approximate surface area is 194 Å². The smallest absolute Gasteiger partial charge is 0.257 e. The highest BCUT2D eigenvalue weighted by atomic mass is 32.1. The molecule has 2 rings (SSSR count). The molecule has 2 aromatic carbocycles. The largest absolute Gasteiger partial charge is 0.494 e. The predicted octanol–water partition coefficient (Wildman–Crippen LogP) is 4.15. The van der Waals surface area contributed by atoms with E-state index in [0.717, 1.165) is 31.4 Å². The molecular weight excluding hydrogens is 426 g/mol. The number of rotatable bonds is 12. The average Bonchev–Trinajstić information content (AvgIpc) is 2.80. The summed E-state index contributed by atoms with van der Waals surface area (Å²) in [5.41, 5.74) is 1.41. The Hall–Kier alpha value is -2.97. The average molecular weight is 458 g/mol. The van der Waals surface area contributed by atoms with Crippen LogP contribution in [-0.2, 0) is 4.74 Å². The van der Waals surface area contributed by atoms with Gasteiger partial charge in [0.15, 0.2) is 5.11 Å². The monoisotopic (exact) mass is 457 g/mol. The number of hydrogen-bond acceptors (Lipinski definition) is 5. The summed E-state index contributed by atoms with van der Waals surface area (Å²) < 4.78 is 10.6. The summed E-state index contributed by atoms with van der Waals surface area (Å²) in [6, 6.07) is 13.9. The lowest BCUT2D eigenvalue weighted by Crippen LogP contribution is -2.35. The van der Waals surface area contributed by atoms with Crippen LogP contribution in [0.2, 0.25) is 0 Å². The van der Waals surface area contributed by atoms with Crippen molar-refractivity contribution in [3.05, 3.63) is 59.7 Å². The second-order valence-electron chi connectivity index (χ2n) is 7.14.